The van der Waals surface area contributed by atoms with E-state index in [4.69, 9.17) is 12.2 Å². The molecule has 0 fully saturated rings. The number of aryl methyl sites for hydroxylation is 1. The van der Waals surface area contributed by atoms with Crippen molar-refractivity contribution >= 4 is 23.3 Å². The molecule has 0 atom stereocenters. The Morgan fingerprint density at radius 1 is 1.33 bits per heavy atom. The first-order chi connectivity index (χ1) is 5.66. The van der Waals surface area contributed by atoms with Gasteiger partial charge in [-0.15, -0.1) is 0 Å². The van der Waals surface area contributed by atoms with E-state index in [2.05, 4.69) is 9.97 Å². The highest BCUT2D eigenvalue weighted by atomic mass is 32.1. The molecule has 2 rings (SSSR count). The molecule has 2 nitrogen and oxygen atoms in total. The van der Waals surface area contributed by atoms with Gasteiger partial charge in [0.2, 0.25) is 0 Å². The van der Waals surface area contributed by atoms with E-state index in [1.807, 2.05) is 13.0 Å². The first kappa shape index (κ1) is 7.49. The van der Waals surface area contributed by atoms with Crippen LogP contribution in [-0.4, -0.2) is 9.97 Å². The number of benzene rings is 1. The quantitative estimate of drug-likeness (QED) is 0.603. The molecule has 2 aromatic rings. The maximum atomic E-state index is 13.2. The highest BCUT2D eigenvalue weighted by Gasteiger charge is 2.02. The molecule has 0 spiro atoms. The Balaban J connectivity index is 2.97. The van der Waals surface area contributed by atoms with Crippen LogP contribution < -0.4 is 0 Å². The number of aromatic amines is 2. The van der Waals surface area contributed by atoms with Crippen LogP contribution in [0.5, 0.6) is 0 Å². The SMILES string of the molecule is Cc1cc(F)c2[nH]c(=S)[nH]c2c1. The summed E-state index contributed by atoms with van der Waals surface area (Å²) in [4.78, 5) is 5.60. The molecule has 2 N–H and O–H groups in total. The summed E-state index contributed by atoms with van der Waals surface area (Å²) in [6, 6.07) is 3.33. The van der Waals surface area contributed by atoms with Crippen LogP contribution in [0, 0.1) is 17.5 Å². The topological polar surface area (TPSA) is 31.6 Å². The summed E-state index contributed by atoms with van der Waals surface area (Å²) in [5.41, 5.74) is 2.05. The minimum Gasteiger partial charge on any atom is -0.331 e. The fraction of sp³-hybridized carbons (Fsp3) is 0.125. The Hall–Kier alpha value is -1.16. The maximum absolute atomic E-state index is 13.2. The van der Waals surface area contributed by atoms with Gasteiger partial charge in [-0.2, -0.15) is 0 Å². The number of nitrogens with one attached hydrogen (secondary N) is 2. The monoisotopic (exact) mass is 182 g/mol. The summed E-state index contributed by atoms with van der Waals surface area (Å²) in [5, 5.41) is 0. The van der Waals surface area contributed by atoms with Gasteiger partial charge in [-0.1, -0.05) is 0 Å². The number of imidazole rings is 1. The minimum absolute atomic E-state index is 0.266. The van der Waals surface area contributed by atoms with Gasteiger partial charge in [0.15, 0.2) is 4.77 Å². The molecule has 0 aliphatic rings. The van der Waals surface area contributed by atoms with Crippen molar-refractivity contribution in [1.82, 2.24) is 9.97 Å². The second kappa shape index (κ2) is 2.42. The summed E-state index contributed by atoms with van der Waals surface area (Å²) < 4.78 is 13.6. The van der Waals surface area contributed by atoms with Gasteiger partial charge in [-0.05, 0) is 36.8 Å². The third-order valence-corrected chi connectivity index (χ3v) is 1.93. The number of fused-ring (bicyclic) bond motifs is 1. The van der Waals surface area contributed by atoms with Crippen molar-refractivity contribution in [3.8, 4) is 0 Å². The zero-order valence-corrected chi connectivity index (χ0v) is 7.26. The molecule has 0 saturated heterocycles. The lowest BCUT2D eigenvalue weighted by Gasteiger charge is -1.93. The van der Waals surface area contributed by atoms with Crippen LogP contribution in [0.3, 0.4) is 0 Å². The molecule has 0 bridgehead atoms. The van der Waals surface area contributed by atoms with Crippen LogP contribution in [0.1, 0.15) is 5.56 Å². The van der Waals surface area contributed by atoms with Crippen molar-refractivity contribution in [2.24, 2.45) is 0 Å². The summed E-state index contributed by atoms with van der Waals surface area (Å²) >= 11 is 4.84. The van der Waals surface area contributed by atoms with Gasteiger partial charge in [0.1, 0.15) is 11.3 Å². The second-order valence-corrected chi connectivity index (χ2v) is 3.16. The molecule has 0 unspecified atom stereocenters. The van der Waals surface area contributed by atoms with Crippen molar-refractivity contribution in [2.75, 3.05) is 0 Å². The summed E-state index contributed by atoms with van der Waals surface area (Å²) in [7, 11) is 0. The van der Waals surface area contributed by atoms with Crippen LogP contribution in [0.4, 0.5) is 4.39 Å². The van der Waals surface area contributed by atoms with Gasteiger partial charge in [0.25, 0.3) is 0 Å². The summed E-state index contributed by atoms with van der Waals surface area (Å²) in [6.07, 6.45) is 0. The Kier molecular flexibility index (Phi) is 1.51. The van der Waals surface area contributed by atoms with E-state index in [9.17, 15) is 4.39 Å². The molecule has 1 aromatic carbocycles. The molecule has 0 aliphatic carbocycles. The van der Waals surface area contributed by atoms with E-state index in [-0.39, 0.29) is 5.82 Å². The number of hydrogen-bond donors (Lipinski definition) is 2. The first-order valence-corrected chi connectivity index (χ1v) is 3.96. The van der Waals surface area contributed by atoms with Gasteiger partial charge in [0.05, 0.1) is 5.52 Å². The van der Waals surface area contributed by atoms with Crippen molar-refractivity contribution < 1.29 is 4.39 Å². The molecule has 1 heterocycles. The molecule has 62 valence electrons. The lowest BCUT2D eigenvalue weighted by Crippen LogP contribution is -1.80. The molecule has 12 heavy (non-hydrogen) atoms. The van der Waals surface area contributed by atoms with E-state index in [1.54, 1.807) is 0 Å². The van der Waals surface area contributed by atoms with E-state index in [0.29, 0.717) is 10.3 Å². The molecular formula is C8H7FN2S. The molecule has 1 aromatic heterocycles. The van der Waals surface area contributed by atoms with Crippen LogP contribution in [-0.2, 0) is 0 Å². The van der Waals surface area contributed by atoms with Crippen molar-refractivity contribution in [1.29, 1.82) is 0 Å². The molecule has 0 saturated carbocycles. The Labute approximate surface area is 73.4 Å². The fourth-order valence-corrected chi connectivity index (χ4v) is 1.45. The largest absolute Gasteiger partial charge is 0.331 e. The van der Waals surface area contributed by atoms with Crippen LogP contribution in [0.25, 0.3) is 11.0 Å². The van der Waals surface area contributed by atoms with Crippen molar-refractivity contribution in [3.63, 3.8) is 0 Å². The lowest BCUT2D eigenvalue weighted by molar-refractivity contribution is 0.636. The van der Waals surface area contributed by atoms with Crippen LogP contribution in [0.15, 0.2) is 12.1 Å². The molecule has 0 aliphatic heterocycles. The van der Waals surface area contributed by atoms with E-state index in [1.165, 1.54) is 6.07 Å². The van der Waals surface area contributed by atoms with Crippen molar-refractivity contribution in [2.45, 2.75) is 6.92 Å². The fourth-order valence-electron chi connectivity index (χ4n) is 1.23. The Morgan fingerprint density at radius 2 is 2.08 bits per heavy atom. The number of rotatable bonds is 0. The third-order valence-electron chi connectivity index (χ3n) is 1.72. The Morgan fingerprint density at radius 3 is 2.83 bits per heavy atom. The second-order valence-electron chi connectivity index (χ2n) is 2.75. The van der Waals surface area contributed by atoms with Crippen LogP contribution >= 0.6 is 12.2 Å². The van der Waals surface area contributed by atoms with Gasteiger partial charge in [0, 0.05) is 0 Å². The normalized spacial score (nSPS) is 10.8. The van der Waals surface area contributed by atoms with E-state index < -0.39 is 0 Å². The zero-order valence-electron chi connectivity index (χ0n) is 6.44. The van der Waals surface area contributed by atoms with Gasteiger partial charge >= 0.3 is 0 Å². The van der Waals surface area contributed by atoms with E-state index in [0.717, 1.165) is 11.1 Å². The predicted octanol–water partition coefficient (Wildman–Crippen LogP) is 2.67. The maximum Gasteiger partial charge on any atom is 0.175 e. The third kappa shape index (κ3) is 1.04. The molecule has 0 radical (unpaired) electrons. The minimum atomic E-state index is -0.266. The average Bonchev–Trinajstić information content (AvgIpc) is 2.29. The lowest BCUT2D eigenvalue weighted by atomic mass is 10.2. The number of H-pyrrole nitrogens is 2. The van der Waals surface area contributed by atoms with E-state index >= 15 is 0 Å². The zero-order chi connectivity index (χ0) is 8.72. The predicted molar refractivity (Wildman–Crippen MR) is 48.2 cm³/mol. The van der Waals surface area contributed by atoms with Gasteiger partial charge in [-0.3, -0.25) is 0 Å². The number of aromatic nitrogens is 2. The summed E-state index contributed by atoms with van der Waals surface area (Å²) in [5.74, 6) is -0.266. The highest BCUT2D eigenvalue weighted by molar-refractivity contribution is 7.71. The van der Waals surface area contributed by atoms with Gasteiger partial charge < -0.3 is 9.97 Å². The van der Waals surface area contributed by atoms with Crippen LogP contribution in [0.2, 0.25) is 0 Å². The average molecular weight is 182 g/mol. The van der Waals surface area contributed by atoms with Crippen molar-refractivity contribution in [3.05, 3.63) is 28.3 Å². The van der Waals surface area contributed by atoms with Gasteiger partial charge in [-0.25, -0.2) is 4.39 Å². The molecule has 0 amide bonds. The first-order valence-electron chi connectivity index (χ1n) is 3.55. The standard InChI is InChI=1S/C8H7FN2S/c1-4-2-5(9)7-6(3-4)10-8(12)11-7/h2-3H,1H3,(H2,10,11,12). The number of halogens is 1. The molecule has 4 heteroatoms. The highest BCUT2D eigenvalue weighted by Crippen LogP contribution is 2.15. The number of hydrogen-bond acceptors (Lipinski definition) is 1. The smallest absolute Gasteiger partial charge is 0.175 e. The summed E-state index contributed by atoms with van der Waals surface area (Å²) in [6.45, 7) is 1.84. The molecular weight excluding hydrogens is 175 g/mol. The Bertz CT molecular complexity index is 483.